The molecule has 414 valence electrons. The molecule has 2 aliphatic carbocycles. The van der Waals surface area contributed by atoms with E-state index in [1.54, 1.807) is 11.1 Å². The first-order valence-electron chi connectivity index (χ1n) is 31.8. The summed E-state index contributed by atoms with van der Waals surface area (Å²) in [5.74, 6) is 0.931. The number of nitrogens with zero attached hydrogens (tertiary/aromatic N) is 2. The molecule has 2 aliphatic rings. The minimum Gasteiger partial charge on any atom is -0.491 e. The molecule has 0 saturated heterocycles. The molecule has 0 spiro atoms. The summed E-state index contributed by atoms with van der Waals surface area (Å²) in [4.78, 5) is 0. The molecule has 0 unspecified atom stereocenters. The summed E-state index contributed by atoms with van der Waals surface area (Å²) in [6.07, 6.45) is 36.4. The fourth-order valence-electron chi connectivity index (χ4n) is 14.1. The van der Waals surface area contributed by atoms with E-state index >= 15 is 0 Å². The molecule has 0 amide bonds. The Morgan fingerprint density at radius 2 is 0.679 bits per heavy atom. The minimum atomic E-state index is -0.0652. The van der Waals surface area contributed by atoms with Crippen molar-refractivity contribution in [3.05, 3.63) is 137 Å². The van der Waals surface area contributed by atoms with Crippen molar-refractivity contribution in [2.45, 2.75) is 245 Å². The van der Waals surface area contributed by atoms with Gasteiger partial charge in [-0.3, -0.25) is 0 Å². The second-order valence-electron chi connectivity index (χ2n) is 24.4. The molecule has 7 aromatic rings. The highest BCUT2D eigenvalue weighted by Gasteiger charge is 2.44. The highest BCUT2D eigenvalue weighted by molar-refractivity contribution is 7.00. The molecule has 0 bridgehead atoms. The van der Waals surface area contributed by atoms with Crippen molar-refractivity contribution in [3.8, 4) is 61.4 Å². The number of hydrogen-bond donors (Lipinski definition) is 0. The lowest BCUT2D eigenvalue weighted by Gasteiger charge is -2.33. The summed E-state index contributed by atoms with van der Waals surface area (Å²) in [5.41, 5.74) is 22.8. The number of unbranched alkanes of at least 4 members (excludes halogenated alkanes) is 20. The minimum absolute atomic E-state index is 0.0227. The molecular weight excluding hydrogens is 965 g/mol. The molecule has 0 N–H and O–H groups in total. The Balaban J connectivity index is 1.10. The molecule has 0 radical (unpaired) electrons. The molecule has 0 aliphatic heterocycles. The SMILES string of the molecule is CCCCCCCCC1(CCCCCCCC)c2cc(C)ccc2-c2ccc(-c3ccc(-c4ccc5c(c4)C(CCCCCCCC)(CCCCCCCC)c4cc(-c6ccc(OC(C)C)cc6)ccc4-5)c4nsnc34)cc21. The van der Waals surface area contributed by atoms with Gasteiger partial charge in [-0.05, 0) is 144 Å². The topological polar surface area (TPSA) is 35.0 Å². The smallest absolute Gasteiger partial charge is 0.119 e. The molecule has 9 rings (SSSR count). The lowest BCUT2D eigenvalue weighted by atomic mass is 9.70. The standard InChI is InChI=1S/C74H96N2OS/c1-8-12-16-20-24-28-46-73(47-29-25-21-17-13-9-2)67-50-55(7)32-40-63(67)65-42-36-58(52-69(65)73)61-44-45-62(72-71(61)75-78-76-72)59-37-43-66-64-41-35-57(56-33-38-60(39-34-56)77-54(5)6)51-68(64)74(70(66)53-59,48-30-26-22-18-14-10-3)49-31-27-23-19-15-11-4/h32-45,50-54H,8-31,46-49H2,1-7H3. The maximum atomic E-state index is 6.09. The number of rotatable bonds is 33. The second kappa shape index (κ2) is 27.9. The molecule has 0 saturated carbocycles. The zero-order valence-electron chi connectivity index (χ0n) is 49.5. The number of fused-ring (bicyclic) bond motifs is 7. The zero-order valence-corrected chi connectivity index (χ0v) is 50.3. The summed E-state index contributed by atoms with van der Waals surface area (Å²) < 4.78 is 16.5. The highest BCUT2D eigenvalue weighted by atomic mass is 32.1. The van der Waals surface area contributed by atoms with Gasteiger partial charge in [0.15, 0.2) is 0 Å². The number of hydrogen-bond acceptors (Lipinski definition) is 4. The van der Waals surface area contributed by atoms with Gasteiger partial charge in [0.1, 0.15) is 16.8 Å². The molecule has 78 heavy (non-hydrogen) atoms. The van der Waals surface area contributed by atoms with E-state index < -0.39 is 0 Å². The first-order chi connectivity index (χ1) is 38.2. The van der Waals surface area contributed by atoms with Crippen molar-refractivity contribution in [1.82, 2.24) is 8.75 Å². The lowest BCUT2D eigenvalue weighted by molar-refractivity contribution is 0.242. The van der Waals surface area contributed by atoms with Crippen molar-refractivity contribution in [2.24, 2.45) is 0 Å². The van der Waals surface area contributed by atoms with Gasteiger partial charge in [-0.2, -0.15) is 8.75 Å². The van der Waals surface area contributed by atoms with Crippen LogP contribution < -0.4 is 4.74 Å². The molecule has 0 fully saturated rings. The van der Waals surface area contributed by atoms with Crippen molar-refractivity contribution < 1.29 is 4.74 Å². The van der Waals surface area contributed by atoms with E-state index in [0.29, 0.717) is 0 Å². The summed E-state index contributed by atoms with van der Waals surface area (Å²) >= 11 is 1.37. The Morgan fingerprint density at radius 3 is 1.08 bits per heavy atom. The van der Waals surface area contributed by atoms with E-state index in [-0.39, 0.29) is 16.9 Å². The quantitative estimate of drug-likeness (QED) is 0.0385. The van der Waals surface area contributed by atoms with Crippen LogP contribution in [0, 0.1) is 6.92 Å². The van der Waals surface area contributed by atoms with Gasteiger partial charge >= 0.3 is 0 Å². The highest BCUT2D eigenvalue weighted by Crippen LogP contribution is 2.58. The van der Waals surface area contributed by atoms with E-state index in [2.05, 4.69) is 158 Å². The van der Waals surface area contributed by atoms with Crippen LogP contribution in [-0.2, 0) is 10.8 Å². The Bertz CT molecular complexity index is 2980. The predicted molar refractivity (Wildman–Crippen MR) is 339 cm³/mol. The van der Waals surface area contributed by atoms with Crippen molar-refractivity contribution in [1.29, 1.82) is 0 Å². The Kier molecular flexibility index (Phi) is 20.6. The third-order valence-corrected chi connectivity index (χ3v) is 18.8. The molecule has 1 aromatic heterocycles. The van der Waals surface area contributed by atoms with Gasteiger partial charge in [-0.1, -0.05) is 266 Å². The lowest BCUT2D eigenvalue weighted by Crippen LogP contribution is -2.25. The van der Waals surface area contributed by atoms with Crippen LogP contribution in [0.2, 0.25) is 0 Å². The maximum absolute atomic E-state index is 6.09. The Morgan fingerprint density at radius 1 is 0.359 bits per heavy atom. The average Bonchev–Trinajstić information content (AvgIpc) is 4.27. The van der Waals surface area contributed by atoms with Crippen LogP contribution in [0.25, 0.3) is 66.7 Å². The summed E-state index contributed by atoms with van der Waals surface area (Å²) in [6.45, 7) is 15.8. The second-order valence-corrected chi connectivity index (χ2v) is 24.9. The van der Waals surface area contributed by atoms with Gasteiger partial charge in [0.25, 0.3) is 0 Å². The van der Waals surface area contributed by atoms with Crippen LogP contribution in [-0.4, -0.2) is 14.9 Å². The number of benzene rings is 6. The van der Waals surface area contributed by atoms with Gasteiger partial charge in [-0.25, -0.2) is 0 Å². The van der Waals surface area contributed by atoms with Crippen molar-refractivity contribution in [2.75, 3.05) is 0 Å². The van der Waals surface area contributed by atoms with Crippen molar-refractivity contribution in [3.63, 3.8) is 0 Å². The van der Waals surface area contributed by atoms with Crippen LogP contribution >= 0.6 is 11.7 Å². The molecule has 6 aromatic carbocycles. The molecular formula is C74H96N2OS. The van der Waals surface area contributed by atoms with E-state index in [1.165, 1.54) is 264 Å². The van der Waals surface area contributed by atoms with E-state index in [9.17, 15) is 0 Å². The van der Waals surface area contributed by atoms with Crippen LogP contribution in [0.15, 0.2) is 109 Å². The fraction of sp³-hybridized carbons (Fsp3) is 0.514. The first kappa shape index (κ1) is 57.6. The van der Waals surface area contributed by atoms with Crippen LogP contribution in [0.1, 0.15) is 249 Å². The zero-order chi connectivity index (χ0) is 54.3. The monoisotopic (exact) mass is 1060 g/mol. The normalized spacial score (nSPS) is 13.8. The molecule has 1 heterocycles. The fourth-order valence-corrected chi connectivity index (χ4v) is 14.7. The predicted octanol–water partition coefficient (Wildman–Crippen LogP) is 23.3. The number of aromatic nitrogens is 2. The van der Waals surface area contributed by atoms with Gasteiger partial charge in [0.2, 0.25) is 0 Å². The van der Waals surface area contributed by atoms with Gasteiger partial charge < -0.3 is 4.74 Å². The third kappa shape index (κ3) is 12.9. The van der Waals surface area contributed by atoms with Gasteiger partial charge in [-0.15, -0.1) is 0 Å². The van der Waals surface area contributed by atoms with Crippen molar-refractivity contribution >= 4 is 22.8 Å². The number of aryl methyl sites for hydroxylation is 1. The third-order valence-electron chi connectivity index (χ3n) is 18.3. The summed E-state index contributed by atoms with van der Waals surface area (Å²) in [7, 11) is 0. The van der Waals surface area contributed by atoms with E-state index in [1.807, 2.05) is 0 Å². The summed E-state index contributed by atoms with van der Waals surface area (Å²) in [6, 6.07) is 43.3. The molecule has 3 nitrogen and oxygen atoms in total. The first-order valence-corrected chi connectivity index (χ1v) is 32.6. The summed E-state index contributed by atoms with van der Waals surface area (Å²) in [5, 5.41) is 0. The Hall–Kier alpha value is -5.06. The molecule has 0 atom stereocenters. The van der Waals surface area contributed by atoms with E-state index in [4.69, 9.17) is 13.5 Å². The van der Waals surface area contributed by atoms with Crippen LogP contribution in [0.5, 0.6) is 5.75 Å². The van der Waals surface area contributed by atoms with E-state index in [0.717, 1.165) is 16.8 Å². The van der Waals surface area contributed by atoms with Crippen LogP contribution in [0.4, 0.5) is 0 Å². The maximum Gasteiger partial charge on any atom is 0.119 e. The average molecular weight is 1060 g/mol. The largest absolute Gasteiger partial charge is 0.491 e. The van der Waals surface area contributed by atoms with Crippen LogP contribution in [0.3, 0.4) is 0 Å². The Labute approximate surface area is 477 Å². The number of ether oxygens (including phenoxy) is 1. The molecule has 4 heteroatoms. The van der Waals surface area contributed by atoms with Gasteiger partial charge in [0, 0.05) is 22.0 Å². The van der Waals surface area contributed by atoms with Gasteiger partial charge in [0.05, 0.1) is 17.8 Å².